The Balaban J connectivity index is 2.16. The molecule has 0 aliphatic heterocycles. The summed E-state index contributed by atoms with van der Waals surface area (Å²) in [6.45, 7) is 1.75. The Hall–Kier alpha value is -1.43. The van der Waals surface area contributed by atoms with Crippen LogP contribution in [0.25, 0.3) is 0 Å². The smallest absolute Gasteiger partial charge is 0.255 e. The number of thioether (sulfide) groups is 1. The van der Waals surface area contributed by atoms with E-state index in [9.17, 15) is 14.7 Å². The van der Waals surface area contributed by atoms with Gasteiger partial charge in [-0.05, 0) is 44.6 Å². The SMILES string of the molecule is CSCC[C@H](NC(=O)c1c(C)oc2c1CCCC2)C(=O)[O-]. The Morgan fingerprint density at radius 2 is 2.10 bits per heavy atom. The standard InChI is InChI=1S/C15H21NO4S/c1-9-13(10-5-3-4-6-12(10)20-9)14(17)16-11(15(18)19)7-8-21-2/h11H,3-8H2,1-2H3,(H,16,17)(H,18,19)/p-1/t11-/m0/s1. The summed E-state index contributed by atoms with van der Waals surface area (Å²) < 4.78 is 5.65. The van der Waals surface area contributed by atoms with Crippen LogP contribution in [-0.4, -0.2) is 29.9 Å². The lowest BCUT2D eigenvalue weighted by Crippen LogP contribution is -2.48. The molecule has 0 aromatic carbocycles. The molecule has 1 amide bonds. The van der Waals surface area contributed by atoms with Crippen LogP contribution in [0.2, 0.25) is 0 Å². The van der Waals surface area contributed by atoms with Gasteiger partial charge in [0.1, 0.15) is 11.5 Å². The number of aryl methyl sites for hydroxylation is 2. The van der Waals surface area contributed by atoms with Crippen molar-refractivity contribution in [1.29, 1.82) is 0 Å². The number of amides is 1. The van der Waals surface area contributed by atoms with Gasteiger partial charge in [0.15, 0.2) is 0 Å². The van der Waals surface area contributed by atoms with Crippen LogP contribution in [0.1, 0.15) is 46.7 Å². The highest BCUT2D eigenvalue weighted by atomic mass is 32.2. The molecule has 116 valence electrons. The molecular formula is C15H20NO4S-. The van der Waals surface area contributed by atoms with Gasteiger partial charge in [0.2, 0.25) is 0 Å². The molecule has 1 aromatic heterocycles. The first-order chi connectivity index (χ1) is 10.0. The number of carboxylic acid groups (broad SMARTS) is 1. The summed E-state index contributed by atoms with van der Waals surface area (Å²) in [7, 11) is 0. The van der Waals surface area contributed by atoms with Gasteiger partial charge in [0, 0.05) is 12.0 Å². The summed E-state index contributed by atoms with van der Waals surface area (Å²) in [5.41, 5.74) is 1.46. The highest BCUT2D eigenvalue weighted by Crippen LogP contribution is 2.29. The Morgan fingerprint density at radius 1 is 1.38 bits per heavy atom. The molecule has 1 N–H and O–H groups in total. The molecule has 0 radical (unpaired) electrons. The lowest BCUT2D eigenvalue weighted by molar-refractivity contribution is -0.308. The number of furan rings is 1. The van der Waals surface area contributed by atoms with E-state index in [1.54, 1.807) is 6.92 Å². The molecule has 1 heterocycles. The minimum absolute atomic E-state index is 0.355. The van der Waals surface area contributed by atoms with Crippen molar-refractivity contribution in [2.24, 2.45) is 0 Å². The zero-order valence-corrected chi connectivity index (χ0v) is 13.2. The predicted molar refractivity (Wildman–Crippen MR) is 79.3 cm³/mol. The van der Waals surface area contributed by atoms with Gasteiger partial charge in [-0.1, -0.05) is 0 Å². The van der Waals surface area contributed by atoms with Gasteiger partial charge < -0.3 is 19.6 Å². The van der Waals surface area contributed by atoms with Gasteiger partial charge in [-0.2, -0.15) is 11.8 Å². The summed E-state index contributed by atoms with van der Waals surface area (Å²) in [5, 5.41) is 13.7. The van der Waals surface area contributed by atoms with E-state index in [0.29, 0.717) is 23.5 Å². The van der Waals surface area contributed by atoms with Crippen LogP contribution in [0.4, 0.5) is 0 Å². The zero-order chi connectivity index (χ0) is 15.4. The van der Waals surface area contributed by atoms with Gasteiger partial charge in [-0.3, -0.25) is 4.79 Å². The molecule has 5 nitrogen and oxygen atoms in total. The van der Waals surface area contributed by atoms with Crippen molar-refractivity contribution in [2.75, 3.05) is 12.0 Å². The quantitative estimate of drug-likeness (QED) is 0.850. The summed E-state index contributed by atoms with van der Waals surface area (Å²) in [6.07, 6.45) is 6.01. The fourth-order valence-corrected chi connectivity index (χ4v) is 3.19. The van der Waals surface area contributed by atoms with Crippen LogP contribution < -0.4 is 10.4 Å². The molecule has 1 aliphatic carbocycles. The van der Waals surface area contributed by atoms with Gasteiger partial charge in [-0.15, -0.1) is 0 Å². The maximum atomic E-state index is 12.4. The number of rotatable bonds is 6. The first-order valence-electron chi connectivity index (χ1n) is 7.16. The number of carbonyl (C=O) groups is 2. The number of carbonyl (C=O) groups excluding carboxylic acids is 2. The number of nitrogens with one attached hydrogen (secondary N) is 1. The molecule has 1 atom stereocenters. The molecule has 0 saturated carbocycles. The first kappa shape index (κ1) is 15.9. The Kier molecular flexibility index (Phi) is 5.33. The molecule has 0 unspecified atom stereocenters. The Bertz CT molecular complexity index is 538. The van der Waals surface area contributed by atoms with Crippen molar-refractivity contribution >= 4 is 23.6 Å². The highest BCUT2D eigenvalue weighted by Gasteiger charge is 2.26. The monoisotopic (exact) mass is 310 g/mol. The number of aliphatic carboxylic acids is 1. The van der Waals surface area contributed by atoms with E-state index in [4.69, 9.17) is 4.42 Å². The topological polar surface area (TPSA) is 82.4 Å². The molecule has 0 fully saturated rings. The number of carboxylic acids is 1. The van der Waals surface area contributed by atoms with Crippen LogP contribution in [0.15, 0.2) is 4.42 Å². The molecule has 0 bridgehead atoms. The third-order valence-electron chi connectivity index (χ3n) is 3.77. The first-order valence-corrected chi connectivity index (χ1v) is 8.55. The molecule has 2 rings (SSSR count). The molecule has 21 heavy (non-hydrogen) atoms. The fraction of sp³-hybridized carbons (Fsp3) is 0.600. The van der Waals surface area contributed by atoms with Crippen LogP contribution >= 0.6 is 11.8 Å². The second-order valence-corrected chi connectivity index (χ2v) is 6.25. The molecule has 1 aliphatic rings. The Morgan fingerprint density at radius 3 is 2.76 bits per heavy atom. The molecule has 0 spiro atoms. The van der Waals surface area contributed by atoms with Crippen molar-refractivity contribution < 1.29 is 19.1 Å². The van der Waals surface area contributed by atoms with E-state index < -0.39 is 12.0 Å². The second kappa shape index (κ2) is 7.02. The summed E-state index contributed by atoms with van der Waals surface area (Å²) in [4.78, 5) is 23.5. The third-order valence-corrected chi connectivity index (χ3v) is 4.42. The lowest BCUT2D eigenvalue weighted by Gasteiger charge is -2.20. The fourth-order valence-electron chi connectivity index (χ4n) is 2.71. The number of hydrogen-bond donors (Lipinski definition) is 1. The van der Waals surface area contributed by atoms with Crippen molar-refractivity contribution in [2.45, 2.75) is 45.1 Å². The van der Waals surface area contributed by atoms with Crippen molar-refractivity contribution in [1.82, 2.24) is 5.32 Å². The van der Waals surface area contributed by atoms with Crippen molar-refractivity contribution in [3.05, 3.63) is 22.6 Å². The molecular weight excluding hydrogens is 290 g/mol. The normalized spacial score (nSPS) is 15.3. The van der Waals surface area contributed by atoms with E-state index in [2.05, 4.69) is 5.32 Å². The van der Waals surface area contributed by atoms with Crippen molar-refractivity contribution in [3.63, 3.8) is 0 Å². The molecule has 6 heteroatoms. The minimum Gasteiger partial charge on any atom is -0.548 e. The summed E-state index contributed by atoms with van der Waals surface area (Å²) in [5.74, 6) is 0.489. The number of fused-ring (bicyclic) bond motifs is 1. The van der Waals surface area contributed by atoms with Crippen LogP contribution in [0.3, 0.4) is 0 Å². The summed E-state index contributed by atoms with van der Waals surface area (Å²) >= 11 is 1.54. The lowest BCUT2D eigenvalue weighted by atomic mass is 9.94. The van der Waals surface area contributed by atoms with Gasteiger partial charge in [-0.25, -0.2) is 0 Å². The zero-order valence-electron chi connectivity index (χ0n) is 12.4. The Labute approximate surface area is 128 Å². The third kappa shape index (κ3) is 3.61. The highest BCUT2D eigenvalue weighted by molar-refractivity contribution is 7.98. The average Bonchev–Trinajstić information content (AvgIpc) is 2.78. The van der Waals surface area contributed by atoms with Gasteiger partial charge in [0.05, 0.1) is 17.6 Å². The van der Waals surface area contributed by atoms with E-state index in [1.807, 2.05) is 6.26 Å². The van der Waals surface area contributed by atoms with Gasteiger partial charge in [0.25, 0.3) is 5.91 Å². The van der Waals surface area contributed by atoms with Gasteiger partial charge >= 0.3 is 0 Å². The van der Waals surface area contributed by atoms with E-state index in [-0.39, 0.29) is 5.91 Å². The molecule has 0 saturated heterocycles. The van der Waals surface area contributed by atoms with Crippen molar-refractivity contribution in [3.8, 4) is 0 Å². The predicted octanol–water partition coefficient (Wildman–Crippen LogP) is 1.07. The largest absolute Gasteiger partial charge is 0.548 e. The van der Waals surface area contributed by atoms with Crippen LogP contribution in [-0.2, 0) is 17.6 Å². The maximum Gasteiger partial charge on any atom is 0.255 e. The van der Waals surface area contributed by atoms with E-state index >= 15 is 0 Å². The number of hydrogen-bond acceptors (Lipinski definition) is 5. The second-order valence-electron chi connectivity index (χ2n) is 5.27. The summed E-state index contributed by atoms with van der Waals surface area (Å²) in [6, 6.07) is -0.960. The van der Waals surface area contributed by atoms with E-state index in [0.717, 1.165) is 37.0 Å². The van der Waals surface area contributed by atoms with Crippen LogP contribution in [0, 0.1) is 6.92 Å². The molecule has 1 aromatic rings. The average molecular weight is 310 g/mol. The van der Waals surface area contributed by atoms with E-state index in [1.165, 1.54) is 11.8 Å². The van der Waals surface area contributed by atoms with Crippen LogP contribution in [0.5, 0.6) is 0 Å². The maximum absolute atomic E-state index is 12.4. The minimum atomic E-state index is -1.24.